The molecule has 2 aromatic carbocycles. The number of carbonyl (C=O) groups is 1. The van der Waals surface area contributed by atoms with Gasteiger partial charge in [0.05, 0.1) is 0 Å². The van der Waals surface area contributed by atoms with E-state index in [1.54, 1.807) is 48.5 Å². The van der Waals surface area contributed by atoms with Crippen molar-refractivity contribution in [2.75, 3.05) is 5.32 Å². The lowest BCUT2D eigenvalue weighted by molar-refractivity contribution is 0.0997. The number of rotatable bonds is 3. The summed E-state index contributed by atoms with van der Waals surface area (Å²) in [7, 11) is 0. The molecule has 1 heterocycles. The molecule has 21 heavy (non-hydrogen) atoms. The van der Waals surface area contributed by atoms with Gasteiger partial charge in [0, 0.05) is 11.3 Å². The van der Waals surface area contributed by atoms with Crippen molar-refractivity contribution < 1.29 is 14.3 Å². The van der Waals surface area contributed by atoms with E-state index in [4.69, 9.17) is 4.42 Å². The minimum Gasteiger partial charge on any atom is -0.508 e. The molecule has 3 aromatic rings. The number of aromatic hydroxyl groups is 1. The first kappa shape index (κ1) is 13.0. The zero-order chi connectivity index (χ0) is 14.7. The molecule has 4 nitrogen and oxygen atoms in total. The van der Waals surface area contributed by atoms with Gasteiger partial charge in [-0.2, -0.15) is 0 Å². The van der Waals surface area contributed by atoms with Crippen LogP contribution < -0.4 is 5.32 Å². The SMILES string of the molecule is O=C(Nc1ccccc1)c1ccc(-c2cccc(O)c2)o1. The van der Waals surface area contributed by atoms with Gasteiger partial charge in [-0.3, -0.25) is 4.79 Å². The average molecular weight is 279 g/mol. The van der Waals surface area contributed by atoms with Gasteiger partial charge in [-0.05, 0) is 36.4 Å². The van der Waals surface area contributed by atoms with Crippen LogP contribution in [0.25, 0.3) is 11.3 Å². The molecule has 4 heteroatoms. The van der Waals surface area contributed by atoms with Gasteiger partial charge < -0.3 is 14.8 Å². The van der Waals surface area contributed by atoms with Crippen molar-refractivity contribution in [2.24, 2.45) is 0 Å². The smallest absolute Gasteiger partial charge is 0.291 e. The molecule has 0 aliphatic rings. The molecular formula is C17H13NO3. The lowest BCUT2D eigenvalue weighted by atomic mass is 10.2. The molecule has 0 radical (unpaired) electrons. The van der Waals surface area contributed by atoms with Crippen molar-refractivity contribution in [3.8, 4) is 17.1 Å². The Kier molecular flexibility index (Phi) is 3.43. The predicted molar refractivity (Wildman–Crippen MR) is 80.2 cm³/mol. The fraction of sp³-hybridized carbons (Fsp3) is 0. The van der Waals surface area contributed by atoms with Crippen LogP contribution in [0.3, 0.4) is 0 Å². The van der Waals surface area contributed by atoms with Gasteiger partial charge >= 0.3 is 0 Å². The van der Waals surface area contributed by atoms with Crippen molar-refractivity contribution in [1.29, 1.82) is 0 Å². The lowest BCUT2D eigenvalue weighted by Gasteiger charge is -2.02. The van der Waals surface area contributed by atoms with Gasteiger partial charge in [0.25, 0.3) is 5.91 Å². The summed E-state index contributed by atoms with van der Waals surface area (Å²) in [6, 6.07) is 19.2. The highest BCUT2D eigenvalue weighted by Gasteiger charge is 2.12. The second-order valence-electron chi connectivity index (χ2n) is 4.53. The predicted octanol–water partition coefficient (Wildman–Crippen LogP) is 3.90. The van der Waals surface area contributed by atoms with Crippen LogP contribution in [0.4, 0.5) is 5.69 Å². The third-order valence-electron chi connectivity index (χ3n) is 2.99. The Labute approximate surface area is 121 Å². The molecule has 0 atom stereocenters. The molecular weight excluding hydrogens is 266 g/mol. The molecule has 0 aliphatic carbocycles. The summed E-state index contributed by atoms with van der Waals surface area (Å²) in [6.07, 6.45) is 0. The number of carbonyl (C=O) groups excluding carboxylic acids is 1. The van der Waals surface area contributed by atoms with E-state index >= 15 is 0 Å². The van der Waals surface area contributed by atoms with Gasteiger partial charge in [0.2, 0.25) is 0 Å². The summed E-state index contributed by atoms with van der Waals surface area (Å²) in [5.74, 6) is 0.591. The molecule has 0 saturated carbocycles. The molecule has 0 bridgehead atoms. The maximum absolute atomic E-state index is 12.1. The number of nitrogens with one attached hydrogen (secondary N) is 1. The highest BCUT2D eigenvalue weighted by atomic mass is 16.4. The van der Waals surface area contributed by atoms with E-state index in [1.165, 1.54) is 0 Å². The minimum atomic E-state index is -0.312. The number of hydrogen-bond donors (Lipinski definition) is 2. The van der Waals surface area contributed by atoms with Gasteiger partial charge in [0.1, 0.15) is 11.5 Å². The van der Waals surface area contributed by atoms with Crippen LogP contribution in [0, 0.1) is 0 Å². The highest BCUT2D eigenvalue weighted by Crippen LogP contribution is 2.25. The van der Waals surface area contributed by atoms with E-state index in [0.717, 1.165) is 0 Å². The van der Waals surface area contributed by atoms with Gasteiger partial charge in [-0.25, -0.2) is 0 Å². The number of benzene rings is 2. The van der Waals surface area contributed by atoms with Crippen LogP contribution in [0.2, 0.25) is 0 Å². The number of anilines is 1. The molecule has 3 rings (SSSR count). The molecule has 1 aromatic heterocycles. The number of phenolic OH excluding ortho intramolecular Hbond substituents is 1. The number of furan rings is 1. The van der Waals surface area contributed by atoms with Crippen LogP contribution in [0.5, 0.6) is 5.75 Å². The molecule has 0 spiro atoms. The quantitative estimate of drug-likeness (QED) is 0.764. The first-order valence-corrected chi connectivity index (χ1v) is 6.48. The van der Waals surface area contributed by atoms with E-state index in [9.17, 15) is 9.90 Å². The maximum atomic E-state index is 12.1. The fourth-order valence-corrected chi connectivity index (χ4v) is 1.99. The number of phenols is 1. The van der Waals surface area contributed by atoms with E-state index in [1.807, 2.05) is 18.2 Å². The number of para-hydroxylation sites is 1. The van der Waals surface area contributed by atoms with E-state index in [2.05, 4.69) is 5.32 Å². The normalized spacial score (nSPS) is 10.3. The van der Waals surface area contributed by atoms with E-state index in [-0.39, 0.29) is 17.4 Å². The minimum absolute atomic E-state index is 0.152. The van der Waals surface area contributed by atoms with Crippen LogP contribution in [-0.2, 0) is 0 Å². The van der Waals surface area contributed by atoms with Crippen molar-refractivity contribution in [3.05, 3.63) is 72.5 Å². The summed E-state index contributed by atoms with van der Waals surface area (Å²) >= 11 is 0. The Hall–Kier alpha value is -3.01. The molecule has 0 saturated heterocycles. The largest absolute Gasteiger partial charge is 0.508 e. The maximum Gasteiger partial charge on any atom is 0.291 e. The first-order valence-electron chi connectivity index (χ1n) is 6.48. The topological polar surface area (TPSA) is 62.5 Å². The van der Waals surface area contributed by atoms with E-state index < -0.39 is 0 Å². The van der Waals surface area contributed by atoms with Crippen molar-refractivity contribution in [3.63, 3.8) is 0 Å². The van der Waals surface area contributed by atoms with Crippen LogP contribution in [0.15, 0.2) is 71.1 Å². The van der Waals surface area contributed by atoms with Gasteiger partial charge in [-0.15, -0.1) is 0 Å². The summed E-state index contributed by atoms with van der Waals surface area (Å²) in [4.78, 5) is 12.1. The Bertz CT molecular complexity index is 762. The molecule has 0 fully saturated rings. The monoisotopic (exact) mass is 279 g/mol. The second kappa shape index (κ2) is 5.54. The Morgan fingerprint density at radius 2 is 1.76 bits per heavy atom. The lowest BCUT2D eigenvalue weighted by Crippen LogP contribution is -2.10. The highest BCUT2D eigenvalue weighted by molar-refractivity contribution is 6.02. The zero-order valence-electron chi connectivity index (χ0n) is 11.1. The van der Waals surface area contributed by atoms with Crippen molar-refractivity contribution >= 4 is 11.6 Å². The molecule has 0 unspecified atom stereocenters. The van der Waals surface area contributed by atoms with Crippen molar-refractivity contribution in [2.45, 2.75) is 0 Å². The molecule has 2 N–H and O–H groups in total. The Morgan fingerprint density at radius 1 is 0.952 bits per heavy atom. The van der Waals surface area contributed by atoms with Crippen LogP contribution in [-0.4, -0.2) is 11.0 Å². The Morgan fingerprint density at radius 3 is 2.52 bits per heavy atom. The zero-order valence-corrected chi connectivity index (χ0v) is 11.1. The summed E-state index contributed by atoms with van der Waals surface area (Å²) < 4.78 is 5.54. The molecule has 104 valence electrons. The third-order valence-corrected chi connectivity index (χ3v) is 2.99. The van der Waals surface area contributed by atoms with Crippen LogP contribution in [0.1, 0.15) is 10.6 Å². The average Bonchev–Trinajstić information content (AvgIpc) is 2.98. The van der Waals surface area contributed by atoms with E-state index in [0.29, 0.717) is 17.0 Å². The number of hydrogen-bond acceptors (Lipinski definition) is 3. The van der Waals surface area contributed by atoms with Gasteiger partial charge in [0.15, 0.2) is 5.76 Å². The second-order valence-corrected chi connectivity index (χ2v) is 4.53. The summed E-state index contributed by atoms with van der Waals surface area (Å²) in [6.45, 7) is 0. The number of amides is 1. The first-order chi connectivity index (χ1) is 10.2. The summed E-state index contributed by atoms with van der Waals surface area (Å²) in [5, 5.41) is 12.2. The fourth-order valence-electron chi connectivity index (χ4n) is 1.99. The third kappa shape index (κ3) is 2.95. The Balaban J connectivity index is 1.80. The van der Waals surface area contributed by atoms with Crippen LogP contribution >= 0.6 is 0 Å². The van der Waals surface area contributed by atoms with Gasteiger partial charge in [-0.1, -0.05) is 30.3 Å². The van der Waals surface area contributed by atoms with Crippen molar-refractivity contribution in [1.82, 2.24) is 0 Å². The molecule has 0 aliphatic heterocycles. The molecule has 1 amide bonds. The summed E-state index contributed by atoms with van der Waals surface area (Å²) in [5.41, 5.74) is 1.42. The standard InChI is InChI=1S/C17H13NO3/c19-14-8-4-5-12(11-14)15-9-10-16(21-15)17(20)18-13-6-2-1-3-7-13/h1-11,19H,(H,18,20).